The molecular formula is C36H50N4O8. The molecule has 1 saturated heterocycles. The van der Waals surface area contributed by atoms with E-state index < -0.39 is 52.7 Å². The molecule has 3 amide bonds. The first-order valence-corrected chi connectivity index (χ1v) is 17.2. The van der Waals surface area contributed by atoms with Gasteiger partial charge >= 0.3 is 6.09 Å². The maximum Gasteiger partial charge on any atom is 0.408 e. The number of nitrogens with zero attached hydrogens (tertiary/aromatic N) is 2. The number of aryl methyl sites for hydroxylation is 2. The summed E-state index contributed by atoms with van der Waals surface area (Å²) < 4.78 is 11.2. The Morgan fingerprint density at radius 1 is 1.08 bits per heavy atom. The van der Waals surface area contributed by atoms with E-state index in [2.05, 4.69) is 10.5 Å². The first-order valence-electron chi connectivity index (χ1n) is 17.2. The SMILES string of the molecule is COc1c(C)cc(C2=NO[C@]3(C2)C[C@@H](C(=O)C[C@@H](CC2CC2)C(=O)C(N)=O)N(C(=O)[C@@H](NC(=O)OC2CCCC2)C(C)(C)C)C3)cc1C. The number of rotatable bonds is 12. The normalized spacial score (nSPS) is 23.8. The van der Waals surface area contributed by atoms with Crippen molar-refractivity contribution in [3.63, 3.8) is 0 Å². The van der Waals surface area contributed by atoms with Gasteiger partial charge in [-0.3, -0.25) is 19.2 Å². The van der Waals surface area contributed by atoms with Gasteiger partial charge in [0, 0.05) is 30.7 Å². The van der Waals surface area contributed by atoms with Gasteiger partial charge < -0.3 is 30.3 Å². The molecule has 0 radical (unpaired) electrons. The standard InChI is InChI=1S/C36H50N4O8/c1-20-13-23(14-21(2)30(20)46-6)26-17-36(48-39-26)18-27(28(41)16-24(15-22-11-12-22)29(42)32(37)43)40(19-36)33(44)31(35(3,4)5)38-34(45)47-25-9-7-8-10-25/h13-14,22,24-25,27,31H,7-12,15-19H2,1-6H3,(H2,37,43)(H,38,45)/t24-,27+,31-,36-/m1/s1. The Morgan fingerprint density at radius 2 is 1.73 bits per heavy atom. The van der Waals surface area contributed by atoms with E-state index in [0.29, 0.717) is 18.6 Å². The number of likely N-dealkylation sites (tertiary alicyclic amines) is 1. The van der Waals surface area contributed by atoms with Crippen LogP contribution in [0.25, 0.3) is 0 Å². The number of hydrogen-bond donors (Lipinski definition) is 2. The monoisotopic (exact) mass is 666 g/mol. The number of ether oxygens (including phenoxy) is 2. The van der Waals surface area contributed by atoms with E-state index >= 15 is 0 Å². The van der Waals surface area contributed by atoms with Crippen LogP contribution in [0.2, 0.25) is 0 Å². The van der Waals surface area contributed by atoms with Crippen LogP contribution in [-0.2, 0) is 28.8 Å². The minimum absolute atomic E-state index is 0.0480. The van der Waals surface area contributed by atoms with Crippen molar-refractivity contribution in [3.8, 4) is 5.75 Å². The lowest BCUT2D eigenvalue weighted by Crippen LogP contribution is -2.57. The lowest BCUT2D eigenvalue weighted by atomic mass is 9.85. The molecule has 2 aliphatic heterocycles. The molecule has 3 fully saturated rings. The molecule has 1 aromatic rings. The zero-order chi connectivity index (χ0) is 35.0. The topological polar surface area (TPSA) is 167 Å². The molecule has 2 heterocycles. The van der Waals surface area contributed by atoms with Crippen LogP contribution >= 0.6 is 0 Å². The second-order valence-corrected chi connectivity index (χ2v) is 15.3. The van der Waals surface area contributed by atoms with Crippen molar-refractivity contribution in [2.75, 3.05) is 13.7 Å². The third-order valence-corrected chi connectivity index (χ3v) is 10.2. The summed E-state index contributed by atoms with van der Waals surface area (Å²) in [6.07, 6.45) is 5.21. The number of carbonyl (C=O) groups excluding carboxylic acids is 5. The molecule has 1 aromatic carbocycles. The van der Waals surface area contributed by atoms with Crippen molar-refractivity contribution in [2.45, 2.75) is 123 Å². The smallest absolute Gasteiger partial charge is 0.408 e. The van der Waals surface area contributed by atoms with Gasteiger partial charge in [0.05, 0.1) is 25.4 Å². The largest absolute Gasteiger partial charge is 0.496 e. The van der Waals surface area contributed by atoms with E-state index in [1.54, 1.807) is 7.11 Å². The predicted octanol–water partition coefficient (Wildman–Crippen LogP) is 4.29. The average Bonchev–Trinajstić information content (AvgIpc) is 3.37. The van der Waals surface area contributed by atoms with Crippen LogP contribution in [0.4, 0.5) is 4.79 Å². The number of ketones is 2. The van der Waals surface area contributed by atoms with Gasteiger partial charge in [-0.15, -0.1) is 0 Å². The van der Waals surface area contributed by atoms with Gasteiger partial charge in [0.25, 0.3) is 5.91 Å². The van der Waals surface area contributed by atoms with Gasteiger partial charge in [-0.05, 0) is 80.5 Å². The molecule has 12 heteroatoms. The van der Waals surface area contributed by atoms with E-state index in [9.17, 15) is 24.0 Å². The van der Waals surface area contributed by atoms with Crippen LogP contribution in [0.3, 0.4) is 0 Å². The van der Waals surface area contributed by atoms with E-state index in [1.807, 2.05) is 46.8 Å². The summed E-state index contributed by atoms with van der Waals surface area (Å²) >= 11 is 0. The molecule has 12 nitrogen and oxygen atoms in total. The maximum absolute atomic E-state index is 14.5. The van der Waals surface area contributed by atoms with Gasteiger partial charge in [-0.1, -0.05) is 38.8 Å². The van der Waals surface area contributed by atoms with Crippen molar-refractivity contribution in [3.05, 3.63) is 28.8 Å². The number of amides is 3. The van der Waals surface area contributed by atoms with Crippen molar-refractivity contribution >= 4 is 35.2 Å². The molecule has 2 saturated carbocycles. The van der Waals surface area contributed by atoms with Gasteiger partial charge in [0.2, 0.25) is 11.7 Å². The number of alkyl carbamates (subject to hydrolysis) is 1. The van der Waals surface area contributed by atoms with E-state index in [4.69, 9.17) is 20.0 Å². The quantitative estimate of drug-likeness (QED) is 0.312. The Kier molecular flexibility index (Phi) is 10.2. The average molecular weight is 667 g/mol. The zero-order valence-corrected chi connectivity index (χ0v) is 29.1. The predicted molar refractivity (Wildman–Crippen MR) is 177 cm³/mol. The first kappa shape index (κ1) is 35.3. The van der Waals surface area contributed by atoms with Crippen LogP contribution < -0.4 is 15.8 Å². The number of carbonyl (C=O) groups is 5. The van der Waals surface area contributed by atoms with Crippen LogP contribution in [-0.4, -0.2) is 77.5 Å². The second kappa shape index (κ2) is 13.9. The molecule has 0 bridgehead atoms. The summed E-state index contributed by atoms with van der Waals surface area (Å²) in [6.45, 7) is 9.48. The molecule has 262 valence electrons. The number of Topliss-reactive ketones (excluding diaryl/α,β-unsaturated/α-hetero) is 2. The summed E-state index contributed by atoms with van der Waals surface area (Å²) in [5.41, 5.74) is 7.07. The Morgan fingerprint density at radius 3 is 2.29 bits per heavy atom. The number of nitrogens with two attached hydrogens (primary N) is 1. The molecule has 4 atom stereocenters. The Hall–Kier alpha value is -3.96. The minimum Gasteiger partial charge on any atom is -0.496 e. The molecule has 1 spiro atoms. The Balaban J connectivity index is 1.42. The van der Waals surface area contributed by atoms with Gasteiger partial charge in [0.1, 0.15) is 17.9 Å². The summed E-state index contributed by atoms with van der Waals surface area (Å²) in [5, 5.41) is 7.25. The van der Waals surface area contributed by atoms with Crippen molar-refractivity contribution in [2.24, 2.45) is 28.1 Å². The molecule has 0 aromatic heterocycles. The highest BCUT2D eigenvalue weighted by Gasteiger charge is 2.55. The number of hydrogen-bond acceptors (Lipinski definition) is 9. The lowest BCUT2D eigenvalue weighted by Gasteiger charge is -2.35. The van der Waals surface area contributed by atoms with Gasteiger partial charge in [-0.2, -0.15) is 0 Å². The summed E-state index contributed by atoms with van der Waals surface area (Å²) in [6, 6.07) is 1.97. The first-order chi connectivity index (χ1) is 22.6. The molecule has 0 unspecified atom stereocenters. The molecule has 4 aliphatic rings. The maximum atomic E-state index is 14.5. The van der Waals surface area contributed by atoms with Crippen molar-refractivity contribution in [1.29, 1.82) is 0 Å². The summed E-state index contributed by atoms with van der Waals surface area (Å²) in [7, 11) is 1.63. The third kappa shape index (κ3) is 7.84. The highest BCUT2D eigenvalue weighted by Crippen LogP contribution is 2.42. The molecule has 5 rings (SSSR count). The summed E-state index contributed by atoms with van der Waals surface area (Å²) in [5.74, 6) is -2.43. The van der Waals surface area contributed by atoms with Crippen LogP contribution in [0.15, 0.2) is 17.3 Å². The molecule has 48 heavy (non-hydrogen) atoms. The minimum atomic E-state index is -1.07. The number of primary amides is 1. The highest BCUT2D eigenvalue weighted by atomic mass is 16.7. The number of methoxy groups -OCH3 is 1. The number of oxime groups is 1. The van der Waals surface area contributed by atoms with Gasteiger partial charge in [0.15, 0.2) is 11.4 Å². The fourth-order valence-corrected chi connectivity index (χ4v) is 7.52. The van der Waals surface area contributed by atoms with Crippen molar-refractivity contribution < 1.29 is 38.3 Å². The highest BCUT2D eigenvalue weighted by molar-refractivity contribution is 6.36. The third-order valence-electron chi connectivity index (χ3n) is 10.2. The molecule has 3 N–H and O–H groups in total. The summed E-state index contributed by atoms with van der Waals surface area (Å²) in [4.78, 5) is 74.0. The van der Waals surface area contributed by atoms with E-state index in [0.717, 1.165) is 61.0 Å². The number of benzene rings is 1. The number of nitrogens with one attached hydrogen (secondary N) is 1. The Bertz CT molecular complexity index is 1470. The zero-order valence-electron chi connectivity index (χ0n) is 29.1. The Labute approximate surface area is 282 Å². The van der Waals surface area contributed by atoms with Crippen LogP contribution in [0, 0.1) is 31.1 Å². The van der Waals surface area contributed by atoms with Crippen LogP contribution in [0.5, 0.6) is 5.75 Å². The van der Waals surface area contributed by atoms with Gasteiger partial charge in [-0.25, -0.2) is 4.79 Å². The lowest BCUT2D eigenvalue weighted by molar-refractivity contribution is -0.143. The van der Waals surface area contributed by atoms with Crippen molar-refractivity contribution in [1.82, 2.24) is 10.2 Å². The molecule has 2 aliphatic carbocycles. The second-order valence-electron chi connectivity index (χ2n) is 15.3. The fraction of sp³-hybridized carbons (Fsp3) is 0.667. The van der Waals surface area contributed by atoms with E-state index in [1.165, 1.54) is 4.90 Å². The molecular weight excluding hydrogens is 616 g/mol. The fourth-order valence-electron chi connectivity index (χ4n) is 7.52. The van der Waals surface area contributed by atoms with E-state index in [-0.39, 0.29) is 37.2 Å². The van der Waals surface area contributed by atoms with Crippen LogP contribution in [0.1, 0.15) is 102 Å².